The maximum Gasteiger partial charge on any atom is 0.264 e. The van der Waals surface area contributed by atoms with Crippen LogP contribution in [0.3, 0.4) is 0 Å². The minimum atomic E-state index is -2.71. The van der Waals surface area contributed by atoms with Crippen LogP contribution in [-0.4, -0.2) is 45.8 Å². The monoisotopic (exact) mass is 396 g/mol. The number of hydrogen-bond acceptors (Lipinski definition) is 5. The number of aromatic nitrogens is 3. The van der Waals surface area contributed by atoms with Crippen molar-refractivity contribution in [2.24, 2.45) is 7.05 Å². The fourth-order valence-electron chi connectivity index (χ4n) is 4.02. The first kappa shape index (κ1) is 19.3. The van der Waals surface area contributed by atoms with Gasteiger partial charge in [-0.1, -0.05) is 6.07 Å². The highest BCUT2D eigenvalue weighted by molar-refractivity contribution is 5.99. The van der Waals surface area contributed by atoms with E-state index in [0.29, 0.717) is 17.1 Å². The maximum atomic E-state index is 13.7. The lowest BCUT2D eigenvalue weighted by atomic mass is 9.99. The summed E-state index contributed by atoms with van der Waals surface area (Å²) >= 11 is 0. The minimum Gasteiger partial charge on any atom is -0.363 e. The summed E-state index contributed by atoms with van der Waals surface area (Å²) in [5.41, 5.74) is 1.50. The Balaban J connectivity index is 1.80. The molecule has 1 atom stereocenters. The van der Waals surface area contributed by atoms with Crippen molar-refractivity contribution in [3.05, 3.63) is 41.6 Å². The Bertz CT molecular complexity index is 1080. The van der Waals surface area contributed by atoms with Crippen LogP contribution in [0.25, 0.3) is 22.2 Å². The number of rotatable bonds is 4. The number of nitrogens with zero attached hydrogens (tertiary/aromatic N) is 5. The number of aryl methyl sites for hydroxylation is 1. The van der Waals surface area contributed by atoms with Gasteiger partial charge in [-0.2, -0.15) is 5.26 Å². The van der Waals surface area contributed by atoms with Gasteiger partial charge in [0.05, 0.1) is 17.1 Å². The topological polar surface area (TPSA) is 69.8 Å². The quantitative estimate of drug-likeness (QED) is 0.723. The molecule has 0 amide bonds. The van der Waals surface area contributed by atoms with E-state index >= 15 is 0 Å². The molecule has 0 bridgehead atoms. The first-order chi connectivity index (χ1) is 14.0. The van der Waals surface area contributed by atoms with E-state index in [2.05, 4.69) is 27.5 Å². The van der Waals surface area contributed by atoms with Crippen molar-refractivity contribution in [3.8, 4) is 17.3 Å². The van der Waals surface area contributed by atoms with Crippen LogP contribution in [-0.2, 0) is 7.05 Å². The third-order valence-corrected chi connectivity index (χ3v) is 5.44. The molecule has 1 aliphatic heterocycles. The number of anilines is 1. The van der Waals surface area contributed by atoms with Crippen molar-refractivity contribution in [3.63, 3.8) is 0 Å². The van der Waals surface area contributed by atoms with Crippen LogP contribution in [0.4, 0.5) is 14.6 Å². The SMILES string of the molecule is CN1CCC[C@@H](Nc2nnc(-c3ccc(C#N)cc3C(F)F)c3ccn(C)c23)C1. The minimum absolute atomic E-state index is 0.195. The third-order valence-electron chi connectivity index (χ3n) is 5.44. The van der Waals surface area contributed by atoms with Gasteiger partial charge in [0, 0.05) is 42.3 Å². The molecule has 0 spiro atoms. The lowest BCUT2D eigenvalue weighted by Crippen LogP contribution is -2.40. The Labute approximate surface area is 167 Å². The molecule has 29 heavy (non-hydrogen) atoms. The molecule has 4 rings (SSSR count). The number of fused-ring (bicyclic) bond motifs is 1. The molecule has 150 valence electrons. The van der Waals surface area contributed by atoms with Gasteiger partial charge in [-0.3, -0.25) is 0 Å². The number of likely N-dealkylation sites (N-methyl/N-ethyl adjacent to an activating group) is 1. The number of alkyl halides is 2. The van der Waals surface area contributed by atoms with Crippen LogP contribution in [0, 0.1) is 11.3 Å². The van der Waals surface area contributed by atoms with Gasteiger partial charge >= 0.3 is 0 Å². The molecule has 1 saturated heterocycles. The fraction of sp³-hybridized carbons (Fsp3) is 0.381. The molecule has 1 aliphatic rings. The number of likely N-dealkylation sites (tertiary alicyclic amines) is 1. The lowest BCUT2D eigenvalue weighted by molar-refractivity contribution is 0.152. The van der Waals surface area contributed by atoms with E-state index in [4.69, 9.17) is 5.26 Å². The van der Waals surface area contributed by atoms with E-state index in [1.807, 2.05) is 29.9 Å². The molecule has 8 heteroatoms. The molecule has 1 N–H and O–H groups in total. The molecule has 3 heterocycles. The number of piperidine rings is 1. The normalized spacial score (nSPS) is 17.6. The third kappa shape index (κ3) is 3.66. The van der Waals surface area contributed by atoms with Crippen LogP contribution < -0.4 is 5.32 Å². The predicted octanol–water partition coefficient (Wildman–Crippen LogP) is 3.95. The van der Waals surface area contributed by atoms with E-state index in [-0.39, 0.29) is 17.2 Å². The largest absolute Gasteiger partial charge is 0.363 e. The van der Waals surface area contributed by atoms with Gasteiger partial charge in [-0.25, -0.2) is 8.78 Å². The van der Waals surface area contributed by atoms with Crippen LogP contribution in [0.1, 0.15) is 30.4 Å². The van der Waals surface area contributed by atoms with Gasteiger partial charge in [0.1, 0.15) is 5.69 Å². The summed E-state index contributed by atoms with van der Waals surface area (Å²) in [6.07, 6.45) is 1.32. The summed E-state index contributed by atoms with van der Waals surface area (Å²) in [6, 6.07) is 8.32. The number of nitriles is 1. The van der Waals surface area contributed by atoms with Gasteiger partial charge in [0.15, 0.2) is 5.82 Å². The first-order valence-electron chi connectivity index (χ1n) is 9.57. The van der Waals surface area contributed by atoms with Crippen molar-refractivity contribution < 1.29 is 8.78 Å². The molecular weight excluding hydrogens is 374 g/mol. The lowest BCUT2D eigenvalue weighted by Gasteiger charge is -2.30. The van der Waals surface area contributed by atoms with Crippen LogP contribution in [0.2, 0.25) is 0 Å². The zero-order valence-electron chi connectivity index (χ0n) is 16.4. The van der Waals surface area contributed by atoms with Gasteiger partial charge < -0.3 is 14.8 Å². The van der Waals surface area contributed by atoms with Crippen molar-refractivity contribution in [1.29, 1.82) is 5.26 Å². The predicted molar refractivity (Wildman–Crippen MR) is 108 cm³/mol. The Hall–Kier alpha value is -3.05. The number of hydrogen-bond donors (Lipinski definition) is 1. The summed E-state index contributed by atoms with van der Waals surface area (Å²) in [5.74, 6) is 0.656. The molecule has 6 nitrogen and oxygen atoms in total. The van der Waals surface area contributed by atoms with Crippen LogP contribution in [0.5, 0.6) is 0 Å². The van der Waals surface area contributed by atoms with Crippen LogP contribution in [0.15, 0.2) is 30.5 Å². The maximum absolute atomic E-state index is 13.7. The zero-order valence-corrected chi connectivity index (χ0v) is 16.4. The highest BCUT2D eigenvalue weighted by Crippen LogP contribution is 2.36. The summed E-state index contributed by atoms with van der Waals surface area (Å²) in [7, 11) is 4.00. The molecule has 0 aliphatic carbocycles. The van der Waals surface area contributed by atoms with Crippen molar-refractivity contribution in [2.45, 2.75) is 25.3 Å². The smallest absolute Gasteiger partial charge is 0.264 e. The van der Waals surface area contributed by atoms with Crippen molar-refractivity contribution in [1.82, 2.24) is 19.7 Å². The number of nitrogens with one attached hydrogen (secondary N) is 1. The average Bonchev–Trinajstić information content (AvgIpc) is 3.10. The van der Waals surface area contributed by atoms with E-state index in [0.717, 1.165) is 36.8 Å². The highest BCUT2D eigenvalue weighted by Gasteiger charge is 2.23. The summed E-state index contributed by atoms with van der Waals surface area (Å²) < 4.78 is 29.3. The average molecular weight is 396 g/mol. The molecular formula is C21H22F2N6. The Morgan fingerprint density at radius 1 is 1.24 bits per heavy atom. The Morgan fingerprint density at radius 2 is 2.07 bits per heavy atom. The van der Waals surface area contributed by atoms with Crippen LogP contribution >= 0.6 is 0 Å². The number of halogens is 2. The number of benzene rings is 1. The fourth-order valence-corrected chi connectivity index (χ4v) is 4.02. The summed E-state index contributed by atoms with van der Waals surface area (Å²) in [5, 5.41) is 22.0. The Morgan fingerprint density at radius 3 is 2.79 bits per heavy atom. The van der Waals surface area contributed by atoms with Gasteiger partial charge in [-0.15, -0.1) is 10.2 Å². The molecule has 1 aromatic carbocycles. The summed E-state index contributed by atoms with van der Waals surface area (Å²) in [6.45, 7) is 2.00. The highest BCUT2D eigenvalue weighted by atomic mass is 19.3. The molecule has 2 aromatic heterocycles. The van der Waals surface area contributed by atoms with Gasteiger partial charge in [0.2, 0.25) is 0 Å². The molecule has 0 saturated carbocycles. The zero-order chi connectivity index (χ0) is 20.5. The standard InChI is InChI=1S/C21H22F2N6/c1-28-8-3-4-14(12-28)25-21-19-16(7-9-29(19)2)18(26-27-21)15-6-5-13(11-24)10-17(15)20(22)23/h5-7,9-10,14,20H,3-4,8,12H2,1-2H3,(H,25,27)/t14-/m1/s1. The second-order valence-electron chi connectivity index (χ2n) is 7.55. The summed E-state index contributed by atoms with van der Waals surface area (Å²) in [4.78, 5) is 2.27. The second-order valence-corrected chi connectivity index (χ2v) is 7.55. The van der Waals surface area contributed by atoms with E-state index < -0.39 is 6.43 Å². The molecule has 3 aromatic rings. The molecule has 0 unspecified atom stereocenters. The Kier molecular flexibility index (Phi) is 5.16. The van der Waals surface area contributed by atoms with E-state index in [9.17, 15) is 8.78 Å². The van der Waals surface area contributed by atoms with Crippen molar-refractivity contribution in [2.75, 3.05) is 25.5 Å². The second kappa shape index (κ2) is 7.76. The van der Waals surface area contributed by atoms with E-state index in [1.54, 1.807) is 0 Å². The van der Waals surface area contributed by atoms with Gasteiger partial charge in [-0.05, 0) is 44.6 Å². The van der Waals surface area contributed by atoms with E-state index in [1.165, 1.54) is 18.2 Å². The van der Waals surface area contributed by atoms with Gasteiger partial charge in [0.25, 0.3) is 6.43 Å². The molecule has 1 fully saturated rings. The van der Waals surface area contributed by atoms with Crippen molar-refractivity contribution >= 4 is 16.7 Å². The molecule has 0 radical (unpaired) electrons. The first-order valence-corrected chi connectivity index (χ1v) is 9.57.